The summed E-state index contributed by atoms with van der Waals surface area (Å²) in [5.74, 6) is 0.860. The molecule has 1 N–H and O–H groups in total. The van der Waals surface area contributed by atoms with Crippen molar-refractivity contribution in [3.8, 4) is 5.75 Å². The van der Waals surface area contributed by atoms with Crippen LogP contribution in [0.3, 0.4) is 0 Å². The predicted molar refractivity (Wildman–Crippen MR) is 97.7 cm³/mol. The van der Waals surface area contributed by atoms with E-state index >= 15 is 0 Å². The Morgan fingerprint density at radius 1 is 0.696 bits per heavy atom. The Morgan fingerprint density at radius 3 is 1.83 bits per heavy atom. The second-order valence-electron chi connectivity index (χ2n) is 5.55. The standard InChI is InChI=1S/C21H17NO/c1-23-18-12-10-17(11-13-18)22-21-19-8-4-2-6-15(19)14-16-7-3-5-9-20(16)21/h2-14,22H,1H3. The maximum atomic E-state index is 5.23. The van der Waals surface area contributed by atoms with Crippen molar-refractivity contribution >= 4 is 32.9 Å². The van der Waals surface area contributed by atoms with Gasteiger partial charge in [0.2, 0.25) is 0 Å². The van der Waals surface area contributed by atoms with E-state index in [4.69, 9.17) is 4.74 Å². The zero-order valence-electron chi connectivity index (χ0n) is 12.9. The lowest BCUT2D eigenvalue weighted by atomic mass is 10.0. The fourth-order valence-corrected chi connectivity index (χ4v) is 2.97. The Hall–Kier alpha value is -3.00. The van der Waals surface area contributed by atoms with Gasteiger partial charge < -0.3 is 10.1 Å². The van der Waals surface area contributed by atoms with Crippen molar-refractivity contribution in [3.05, 3.63) is 78.9 Å². The molecule has 0 aliphatic carbocycles. The van der Waals surface area contributed by atoms with E-state index in [0.29, 0.717) is 0 Å². The molecule has 2 nitrogen and oxygen atoms in total. The first-order chi connectivity index (χ1) is 11.3. The van der Waals surface area contributed by atoms with Crippen LogP contribution in [-0.4, -0.2) is 7.11 Å². The molecule has 0 saturated carbocycles. The minimum Gasteiger partial charge on any atom is -0.497 e. The highest BCUT2D eigenvalue weighted by Gasteiger charge is 2.07. The molecule has 23 heavy (non-hydrogen) atoms. The molecule has 0 aliphatic rings. The van der Waals surface area contributed by atoms with Gasteiger partial charge in [-0.25, -0.2) is 0 Å². The van der Waals surface area contributed by atoms with Crippen LogP contribution in [0.25, 0.3) is 21.5 Å². The monoisotopic (exact) mass is 299 g/mol. The number of benzene rings is 4. The Morgan fingerprint density at radius 2 is 1.26 bits per heavy atom. The quantitative estimate of drug-likeness (QED) is 0.487. The molecule has 0 atom stereocenters. The molecule has 0 bridgehead atoms. The van der Waals surface area contributed by atoms with Crippen LogP contribution in [0.1, 0.15) is 0 Å². The van der Waals surface area contributed by atoms with Gasteiger partial charge in [0.15, 0.2) is 0 Å². The molecule has 2 heteroatoms. The van der Waals surface area contributed by atoms with E-state index in [-0.39, 0.29) is 0 Å². The molecule has 0 unspecified atom stereocenters. The van der Waals surface area contributed by atoms with Gasteiger partial charge in [0.1, 0.15) is 5.75 Å². The van der Waals surface area contributed by atoms with Gasteiger partial charge in [0.05, 0.1) is 12.8 Å². The SMILES string of the molecule is COc1ccc(Nc2c3ccccc3cc3ccccc23)cc1. The van der Waals surface area contributed by atoms with E-state index in [1.54, 1.807) is 7.11 Å². The fourth-order valence-electron chi connectivity index (χ4n) is 2.97. The lowest BCUT2D eigenvalue weighted by Crippen LogP contribution is -1.93. The van der Waals surface area contributed by atoms with Crippen molar-refractivity contribution in [3.63, 3.8) is 0 Å². The average molecular weight is 299 g/mol. The highest BCUT2D eigenvalue weighted by atomic mass is 16.5. The van der Waals surface area contributed by atoms with E-state index in [9.17, 15) is 0 Å². The molecule has 4 aromatic rings. The summed E-state index contributed by atoms with van der Waals surface area (Å²) < 4.78 is 5.23. The Kier molecular flexibility index (Phi) is 3.35. The first kappa shape index (κ1) is 13.6. The van der Waals surface area contributed by atoms with E-state index < -0.39 is 0 Å². The summed E-state index contributed by atoms with van der Waals surface area (Å²) in [5, 5.41) is 8.51. The van der Waals surface area contributed by atoms with Gasteiger partial charge in [-0.1, -0.05) is 48.5 Å². The number of methoxy groups -OCH3 is 1. The average Bonchev–Trinajstić information content (AvgIpc) is 2.62. The van der Waals surface area contributed by atoms with E-state index in [1.807, 2.05) is 24.3 Å². The Balaban J connectivity index is 1.91. The number of fused-ring (bicyclic) bond motifs is 2. The summed E-state index contributed by atoms with van der Waals surface area (Å²) in [6.45, 7) is 0. The number of hydrogen-bond donors (Lipinski definition) is 1. The first-order valence-corrected chi connectivity index (χ1v) is 7.67. The van der Waals surface area contributed by atoms with Gasteiger partial charge in [-0.3, -0.25) is 0 Å². The smallest absolute Gasteiger partial charge is 0.119 e. The molecule has 0 aliphatic heterocycles. The molecule has 112 valence electrons. The predicted octanol–water partition coefficient (Wildman–Crippen LogP) is 5.75. The van der Waals surface area contributed by atoms with Crippen LogP contribution in [0.2, 0.25) is 0 Å². The molecular formula is C21H17NO. The lowest BCUT2D eigenvalue weighted by molar-refractivity contribution is 0.415. The topological polar surface area (TPSA) is 21.3 Å². The van der Waals surface area contributed by atoms with Crippen molar-refractivity contribution in [2.24, 2.45) is 0 Å². The van der Waals surface area contributed by atoms with Crippen LogP contribution in [0, 0.1) is 0 Å². The summed E-state index contributed by atoms with van der Waals surface area (Å²) in [4.78, 5) is 0. The van der Waals surface area contributed by atoms with Gasteiger partial charge in [0, 0.05) is 16.5 Å². The van der Waals surface area contributed by atoms with E-state index in [1.165, 1.54) is 21.5 Å². The number of rotatable bonds is 3. The van der Waals surface area contributed by atoms with Crippen LogP contribution in [0.5, 0.6) is 5.75 Å². The van der Waals surface area contributed by atoms with Crippen LogP contribution in [0.15, 0.2) is 78.9 Å². The van der Waals surface area contributed by atoms with Gasteiger partial charge in [-0.15, -0.1) is 0 Å². The van der Waals surface area contributed by atoms with Crippen LogP contribution < -0.4 is 10.1 Å². The molecule has 0 radical (unpaired) electrons. The molecule has 0 spiro atoms. The van der Waals surface area contributed by atoms with Crippen molar-refractivity contribution in [1.82, 2.24) is 0 Å². The van der Waals surface area contributed by atoms with Crippen molar-refractivity contribution in [2.75, 3.05) is 12.4 Å². The second kappa shape index (κ2) is 5.65. The van der Waals surface area contributed by atoms with Gasteiger partial charge in [-0.2, -0.15) is 0 Å². The van der Waals surface area contributed by atoms with Gasteiger partial charge >= 0.3 is 0 Å². The summed E-state index contributed by atoms with van der Waals surface area (Å²) in [5.41, 5.74) is 2.19. The van der Waals surface area contributed by atoms with Gasteiger partial charge in [0.25, 0.3) is 0 Å². The fraction of sp³-hybridized carbons (Fsp3) is 0.0476. The second-order valence-corrected chi connectivity index (χ2v) is 5.55. The van der Waals surface area contributed by atoms with Crippen molar-refractivity contribution in [1.29, 1.82) is 0 Å². The number of ether oxygens (including phenoxy) is 1. The van der Waals surface area contributed by atoms with Crippen molar-refractivity contribution < 1.29 is 4.74 Å². The maximum absolute atomic E-state index is 5.23. The van der Waals surface area contributed by atoms with Crippen LogP contribution in [0.4, 0.5) is 11.4 Å². The Bertz CT molecular complexity index is 920. The third-order valence-corrected chi connectivity index (χ3v) is 4.13. The number of hydrogen-bond acceptors (Lipinski definition) is 2. The number of nitrogens with one attached hydrogen (secondary N) is 1. The van der Waals surface area contributed by atoms with E-state index in [0.717, 1.165) is 17.1 Å². The molecule has 4 aromatic carbocycles. The minimum absolute atomic E-state index is 0.860. The lowest BCUT2D eigenvalue weighted by Gasteiger charge is -2.14. The third-order valence-electron chi connectivity index (χ3n) is 4.13. The maximum Gasteiger partial charge on any atom is 0.119 e. The molecule has 0 saturated heterocycles. The zero-order chi connectivity index (χ0) is 15.6. The number of anilines is 2. The first-order valence-electron chi connectivity index (χ1n) is 7.67. The molecule has 0 fully saturated rings. The molecular weight excluding hydrogens is 282 g/mol. The van der Waals surface area contributed by atoms with Crippen molar-refractivity contribution in [2.45, 2.75) is 0 Å². The molecule has 4 rings (SSSR count). The summed E-state index contributed by atoms with van der Waals surface area (Å²) in [6, 6.07) is 27.2. The highest BCUT2D eigenvalue weighted by molar-refractivity contribution is 6.11. The van der Waals surface area contributed by atoms with E-state index in [2.05, 4.69) is 59.9 Å². The van der Waals surface area contributed by atoms with Crippen LogP contribution in [-0.2, 0) is 0 Å². The highest BCUT2D eigenvalue weighted by Crippen LogP contribution is 2.35. The minimum atomic E-state index is 0.860. The molecule has 0 heterocycles. The summed E-state index contributed by atoms with van der Waals surface area (Å²) in [7, 11) is 1.68. The third kappa shape index (κ3) is 2.49. The molecule has 0 aromatic heterocycles. The zero-order valence-corrected chi connectivity index (χ0v) is 12.9. The summed E-state index contributed by atoms with van der Waals surface area (Å²) >= 11 is 0. The van der Waals surface area contributed by atoms with Crippen LogP contribution >= 0.6 is 0 Å². The summed E-state index contributed by atoms with van der Waals surface area (Å²) in [6.07, 6.45) is 0. The largest absolute Gasteiger partial charge is 0.497 e. The van der Waals surface area contributed by atoms with Gasteiger partial charge in [-0.05, 0) is 41.1 Å². The normalized spacial score (nSPS) is 10.8. The molecule has 0 amide bonds. The Labute approximate surface area is 135 Å².